The molecule has 2 heterocycles. The van der Waals surface area contributed by atoms with Crippen LogP contribution in [0.5, 0.6) is 11.5 Å². The first-order valence-electron chi connectivity index (χ1n) is 8.19. The Bertz CT molecular complexity index is 726. The zero-order valence-corrected chi connectivity index (χ0v) is 14.7. The maximum absolute atomic E-state index is 12.3. The summed E-state index contributed by atoms with van der Waals surface area (Å²) in [7, 11) is 3.23. The summed E-state index contributed by atoms with van der Waals surface area (Å²) in [6.07, 6.45) is 4.18. The van der Waals surface area contributed by atoms with E-state index in [4.69, 9.17) is 9.47 Å². The van der Waals surface area contributed by atoms with Crippen molar-refractivity contribution in [1.82, 2.24) is 14.9 Å². The molecule has 1 aliphatic heterocycles. The molecule has 1 aliphatic rings. The number of hydrogen-bond donors (Lipinski definition) is 1. The number of nitrogens with zero attached hydrogens (tertiary/aromatic N) is 3. The van der Waals surface area contributed by atoms with E-state index in [-0.39, 0.29) is 5.91 Å². The smallest absolute Gasteiger partial charge is 0.257 e. The first-order chi connectivity index (χ1) is 12.1. The van der Waals surface area contributed by atoms with Gasteiger partial charge in [-0.25, -0.2) is 9.97 Å². The SMILES string of the molecule is COc1cc(CNc2ncc(C(=O)N3CCC3C)cn2)cc(OC)c1. The molecule has 1 atom stereocenters. The van der Waals surface area contributed by atoms with Gasteiger partial charge in [0.05, 0.1) is 19.8 Å². The maximum atomic E-state index is 12.3. The molecule has 1 amide bonds. The van der Waals surface area contributed by atoms with Crippen molar-refractivity contribution in [3.8, 4) is 11.5 Å². The van der Waals surface area contributed by atoms with E-state index >= 15 is 0 Å². The predicted octanol–water partition coefficient (Wildman–Crippen LogP) is 2.34. The number of anilines is 1. The van der Waals surface area contributed by atoms with Gasteiger partial charge in [-0.05, 0) is 31.0 Å². The second-order valence-corrected chi connectivity index (χ2v) is 6.01. The number of carbonyl (C=O) groups is 1. The Morgan fingerprint density at radius 3 is 2.32 bits per heavy atom. The van der Waals surface area contributed by atoms with Crippen LogP contribution in [0.3, 0.4) is 0 Å². The standard InChI is InChI=1S/C18H22N4O3/c1-12-4-5-22(12)17(23)14-10-20-18(21-11-14)19-9-13-6-15(24-2)8-16(7-13)25-3/h6-8,10-12H,4-5,9H2,1-3H3,(H,19,20,21). The third kappa shape index (κ3) is 3.81. The summed E-state index contributed by atoms with van der Waals surface area (Å²) in [5.41, 5.74) is 1.49. The minimum Gasteiger partial charge on any atom is -0.497 e. The molecule has 0 bridgehead atoms. The van der Waals surface area contributed by atoms with Crippen LogP contribution in [0.25, 0.3) is 0 Å². The molecule has 0 saturated carbocycles. The Labute approximate surface area is 147 Å². The Balaban J connectivity index is 1.63. The predicted molar refractivity (Wildman–Crippen MR) is 94.0 cm³/mol. The lowest BCUT2D eigenvalue weighted by Gasteiger charge is -2.38. The summed E-state index contributed by atoms with van der Waals surface area (Å²) < 4.78 is 10.5. The summed E-state index contributed by atoms with van der Waals surface area (Å²) in [6, 6.07) is 5.95. The number of amides is 1. The molecule has 3 rings (SSSR count). The highest BCUT2D eigenvalue weighted by atomic mass is 16.5. The monoisotopic (exact) mass is 342 g/mol. The fourth-order valence-electron chi connectivity index (χ4n) is 2.66. The lowest BCUT2D eigenvalue weighted by Crippen LogP contribution is -2.49. The van der Waals surface area contributed by atoms with Gasteiger partial charge < -0.3 is 19.7 Å². The second-order valence-electron chi connectivity index (χ2n) is 6.01. The topological polar surface area (TPSA) is 76.6 Å². The number of hydrogen-bond acceptors (Lipinski definition) is 6. The number of likely N-dealkylation sites (tertiary alicyclic amines) is 1. The van der Waals surface area contributed by atoms with Crippen LogP contribution < -0.4 is 14.8 Å². The van der Waals surface area contributed by atoms with Gasteiger partial charge in [0.1, 0.15) is 11.5 Å². The molecular weight excluding hydrogens is 320 g/mol. The average molecular weight is 342 g/mol. The molecule has 7 nitrogen and oxygen atoms in total. The lowest BCUT2D eigenvalue weighted by atomic mass is 10.0. The van der Waals surface area contributed by atoms with Crippen LogP contribution in [0, 0.1) is 0 Å². The minimum absolute atomic E-state index is 0.0113. The van der Waals surface area contributed by atoms with Crippen LogP contribution in [0.1, 0.15) is 29.3 Å². The van der Waals surface area contributed by atoms with Crippen LogP contribution >= 0.6 is 0 Å². The van der Waals surface area contributed by atoms with Crippen molar-refractivity contribution >= 4 is 11.9 Å². The Morgan fingerprint density at radius 2 is 1.84 bits per heavy atom. The summed E-state index contributed by atoms with van der Waals surface area (Å²) >= 11 is 0. The molecule has 1 fully saturated rings. The highest BCUT2D eigenvalue weighted by Gasteiger charge is 2.29. The molecule has 1 aromatic carbocycles. The van der Waals surface area contributed by atoms with Gasteiger partial charge in [-0.2, -0.15) is 0 Å². The highest BCUT2D eigenvalue weighted by Crippen LogP contribution is 2.23. The molecule has 25 heavy (non-hydrogen) atoms. The molecule has 2 aromatic rings. The van der Waals surface area contributed by atoms with Gasteiger partial charge in [0.15, 0.2) is 0 Å². The van der Waals surface area contributed by atoms with E-state index in [2.05, 4.69) is 15.3 Å². The van der Waals surface area contributed by atoms with Gasteiger partial charge in [0, 0.05) is 37.6 Å². The number of rotatable bonds is 6. The second kappa shape index (κ2) is 7.38. The quantitative estimate of drug-likeness (QED) is 0.868. The fraction of sp³-hybridized carbons (Fsp3) is 0.389. The fourth-order valence-corrected chi connectivity index (χ4v) is 2.66. The van der Waals surface area contributed by atoms with Crippen LogP contribution in [-0.2, 0) is 6.54 Å². The summed E-state index contributed by atoms with van der Waals surface area (Å²) in [6.45, 7) is 3.36. The van der Waals surface area contributed by atoms with Gasteiger partial charge in [-0.3, -0.25) is 4.79 Å². The number of nitrogens with one attached hydrogen (secondary N) is 1. The van der Waals surface area contributed by atoms with Crippen molar-refractivity contribution in [1.29, 1.82) is 0 Å². The van der Waals surface area contributed by atoms with Crippen molar-refractivity contribution in [3.05, 3.63) is 41.7 Å². The van der Waals surface area contributed by atoms with Crippen LogP contribution in [-0.4, -0.2) is 47.6 Å². The molecule has 132 valence electrons. The van der Waals surface area contributed by atoms with Crippen LogP contribution in [0.4, 0.5) is 5.95 Å². The number of carbonyl (C=O) groups excluding carboxylic acids is 1. The first-order valence-corrected chi connectivity index (χ1v) is 8.19. The van der Waals surface area contributed by atoms with Crippen LogP contribution in [0.2, 0.25) is 0 Å². The normalized spacial score (nSPS) is 16.1. The van der Waals surface area contributed by atoms with E-state index in [1.165, 1.54) is 0 Å². The van der Waals surface area contributed by atoms with Gasteiger partial charge in [-0.15, -0.1) is 0 Å². The van der Waals surface area contributed by atoms with Crippen molar-refractivity contribution in [2.24, 2.45) is 0 Å². The molecule has 1 unspecified atom stereocenters. The summed E-state index contributed by atoms with van der Waals surface area (Å²) in [5.74, 6) is 1.90. The lowest BCUT2D eigenvalue weighted by molar-refractivity contribution is 0.0501. The molecule has 0 spiro atoms. The third-order valence-electron chi connectivity index (χ3n) is 4.34. The third-order valence-corrected chi connectivity index (χ3v) is 4.34. The largest absolute Gasteiger partial charge is 0.497 e. The van der Waals surface area contributed by atoms with Crippen molar-refractivity contribution in [2.45, 2.75) is 25.9 Å². The molecule has 0 radical (unpaired) electrons. The maximum Gasteiger partial charge on any atom is 0.257 e. The first kappa shape index (κ1) is 17.0. The highest BCUT2D eigenvalue weighted by molar-refractivity contribution is 5.94. The van der Waals surface area contributed by atoms with Gasteiger partial charge in [0.2, 0.25) is 5.95 Å². The number of ether oxygens (including phenoxy) is 2. The van der Waals surface area contributed by atoms with E-state index in [9.17, 15) is 4.79 Å². The van der Waals surface area contributed by atoms with Crippen LogP contribution in [0.15, 0.2) is 30.6 Å². The molecular formula is C18H22N4O3. The van der Waals surface area contributed by atoms with Gasteiger partial charge in [0.25, 0.3) is 5.91 Å². The Hall–Kier alpha value is -2.83. The number of aromatic nitrogens is 2. The van der Waals surface area contributed by atoms with E-state index in [0.29, 0.717) is 24.1 Å². The summed E-state index contributed by atoms with van der Waals surface area (Å²) in [5, 5.41) is 3.14. The van der Waals surface area contributed by atoms with Gasteiger partial charge in [-0.1, -0.05) is 0 Å². The van der Waals surface area contributed by atoms with Crippen molar-refractivity contribution in [3.63, 3.8) is 0 Å². The number of benzene rings is 1. The summed E-state index contributed by atoms with van der Waals surface area (Å²) in [4.78, 5) is 22.6. The molecule has 0 aliphatic carbocycles. The van der Waals surface area contributed by atoms with Gasteiger partial charge >= 0.3 is 0 Å². The van der Waals surface area contributed by atoms with E-state index in [0.717, 1.165) is 30.0 Å². The zero-order valence-electron chi connectivity index (χ0n) is 14.7. The van der Waals surface area contributed by atoms with E-state index in [1.54, 1.807) is 26.6 Å². The van der Waals surface area contributed by atoms with E-state index in [1.807, 2.05) is 30.0 Å². The Kier molecular flexibility index (Phi) is 5.02. The molecule has 1 N–H and O–H groups in total. The molecule has 1 saturated heterocycles. The molecule has 7 heteroatoms. The zero-order chi connectivity index (χ0) is 17.8. The van der Waals surface area contributed by atoms with E-state index < -0.39 is 0 Å². The Morgan fingerprint density at radius 1 is 1.20 bits per heavy atom. The minimum atomic E-state index is -0.0113. The van der Waals surface area contributed by atoms with Crippen molar-refractivity contribution < 1.29 is 14.3 Å². The average Bonchev–Trinajstić information content (AvgIpc) is 2.65. The number of methoxy groups -OCH3 is 2. The molecule has 1 aromatic heterocycles. The van der Waals surface area contributed by atoms with Crippen molar-refractivity contribution in [2.75, 3.05) is 26.1 Å².